The lowest BCUT2D eigenvalue weighted by Gasteiger charge is -2.19. The smallest absolute Gasteiger partial charge is 0.240 e. The summed E-state index contributed by atoms with van der Waals surface area (Å²) in [6, 6.07) is 0. The van der Waals surface area contributed by atoms with Crippen LogP contribution in [0.5, 0.6) is 0 Å². The minimum absolute atomic E-state index is 0.197. The maximum Gasteiger partial charge on any atom is 0.252 e. The Morgan fingerprint density at radius 3 is 2.54 bits per heavy atom. The highest BCUT2D eigenvalue weighted by molar-refractivity contribution is 7.91. The van der Waals surface area contributed by atoms with Crippen LogP contribution in [0.3, 0.4) is 0 Å². The van der Waals surface area contributed by atoms with Crippen LogP contribution in [0.1, 0.15) is 20.8 Å². The summed E-state index contributed by atoms with van der Waals surface area (Å²) in [5.74, 6) is 0. The molecule has 1 radical (unpaired) electrons. The number of nitrogens with zero attached hydrogens (tertiary/aromatic N) is 1. The molecule has 0 aliphatic rings. The normalized spacial score (nSPS) is 13.2. The van der Waals surface area contributed by atoms with Gasteiger partial charge in [-0.05, 0) is 20.8 Å². The van der Waals surface area contributed by atoms with Crippen molar-refractivity contribution in [3.05, 3.63) is 11.7 Å². The molecule has 0 aromatic carbocycles. The van der Waals surface area contributed by atoms with Crippen LogP contribution in [0.2, 0.25) is 0 Å². The molecule has 6 heteroatoms. The van der Waals surface area contributed by atoms with Crippen LogP contribution in [-0.2, 0) is 10.0 Å². The zero-order chi connectivity index (χ0) is 10.1. The highest BCUT2D eigenvalue weighted by Crippen LogP contribution is 2.15. The molecule has 1 N–H and O–H groups in total. The van der Waals surface area contributed by atoms with Gasteiger partial charge < -0.3 is 0 Å². The highest BCUT2D eigenvalue weighted by Gasteiger charge is 2.22. The lowest BCUT2D eigenvalue weighted by molar-refractivity contribution is 0.492. The Bertz CT molecular complexity index is 362. The molecule has 0 amide bonds. The third-order valence-electron chi connectivity index (χ3n) is 1.07. The zero-order valence-corrected chi connectivity index (χ0v) is 9.29. The van der Waals surface area contributed by atoms with Gasteiger partial charge in [-0.1, -0.05) is 11.3 Å². The topological polar surface area (TPSA) is 59.1 Å². The van der Waals surface area contributed by atoms with E-state index < -0.39 is 15.6 Å². The summed E-state index contributed by atoms with van der Waals surface area (Å²) < 4.78 is 25.8. The fourth-order valence-corrected chi connectivity index (χ4v) is 2.83. The van der Waals surface area contributed by atoms with Crippen molar-refractivity contribution in [2.75, 3.05) is 0 Å². The molecule has 0 spiro atoms. The number of thiazole rings is 1. The Labute approximate surface area is 82.1 Å². The van der Waals surface area contributed by atoms with Crippen molar-refractivity contribution in [3.8, 4) is 0 Å². The third kappa shape index (κ3) is 3.06. The SMILES string of the molecule is CC(C)(C)NS(=O)(=O)c1cn[c]s1. The Kier molecular flexibility index (Phi) is 2.74. The van der Waals surface area contributed by atoms with Crippen LogP contribution in [0.4, 0.5) is 0 Å². The van der Waals surface area contributed by atoms with Crippen molar-refractivity contribution in [2.45, 2.75) is 30.5 Å². The molecule has 4 nitrogen and oxygen atoms in total. The largest absolute Gasteiger partial charge is 0.252 e. The van der Waals surface area contributed by atoms with Gasteiger partial charge in [0.1, 0.15) is 0 Å². The minimum Gasteiger partial charge on any atom is -0.240 e. The van der Waals surface area contributed by atoms with Crippen molar-refractivity contribution in [1.29, 1.82) is 0 Å². The van der Waals surface area contributed by atoms with E-state index in [4.69, 9.17) is 0 Å². The molecule has 0 bridgehead atoms. The first-order chi connectivity index (χ1) is 5.81. The molecule has 0 aliphatic heterocycles. The monoisotopic (exact) mass is 219 g/mol. The maximum absolute atomic E-state index is 11.5. The first-order valence-corrected chi connectivity index (χ1v) is 5.97. The maximum atomic E-state index is 11.5. The van der Waals surface area contributed by atoms with E-state index in [1.54, 1.807) is 20.8 Å². The van der Waals surface area contributed by atoms with Crippen LogP contribution in [-0.4, -0.2) is 18.9 Å². The molecule has 0 atom stereocenters. The lowest BCUT2D eigenvalue weighted by Crippen LogP contribution is -2.40. The zero-order valence-electron chi connectivity index (χ0n) is 7.66. The van der Waals surface area contributed by atoms with Gasteiger partial charge in [-0.15, -0.1) is 0 Å². The summed E-state index contributed by atoms with van der Waals surface area (Å²) >= 11 is 0.984. The second kappa shape index (κ2) is 3.36. The first kappa shape index (κ1) is 10.6. The predicted molar refractivity (Wildman–Crippen MR) is 51.0 cm³/mol. The number of sulfonamides is 1. The van der Waals surface area contributed by atoms with E-state index in [0.29, 0.717) is 0 Å². The van der Waals surface area contributed by atoms with Crippen molar-refractivity contribution >= 4 is 21.4 Å². The van der Waals surface area contributed by atoms with E-state index in [1.165, 1.54) is 6.20 Å². The summed E-state index contributed by atoms with van der Waals surface area (Å²) in [7, 11) is -3.40. The van der Waals surface area contributed by atoms with Crippen molar-refractivity contribution in [3.63, 3.8) is 0 Å². The van der Waals surface area contributed by atoms with Crippen molar-refractivity contribution in [1.82, 2.24) is 9.71 Å². The highest BCUT2D eigenvalue weighted by atomic mass is 32.2. The van der Waals surface area contributed by atoms with Gasteiger partial charge in [0.2, 0.25) is 0 Å². The second-order valence-corrected chi connectivity index (χ2v) is 6.36. The van der Waals surface area contributed by atoms with Crippen LogP contribution >= 0.6 is 11.3 Å². The first-order valence-electron chi connectivity index (χ1n) is 3.67. The molecule has 1 aromatic heterocycles. The van der Waals surface area contributed by atoms with Gasteiger partial charge in [0, 0.05) is 5.54 Å². The van der Waals surface area contributed by atoms with E-state index in [-0.39, 0.29) is 4.21 Å². The summed E-state index contributed by atoms with van der Waals surface area (Å²) in [5.41, 5.74) is 2.02. The van der Waals surface area contributed by atoms with Crippen LogP contribution < -0.4 is 4.72 Å². The Morgan fingerprint density at radius 2 is 2.15 bits per heavy atom. The fraction of sp³-hybridized carbons (Fsp3) is 0.571. The summed E-state index contributed by atoms with van der Waals surface area (Å²) in [4.78, 5) is 3.59. The summed E-state index contributed by atoms with van der Waals surface area (Å²) in [6.45, 7) is 5.36. The van der Waals surface area contributed by atoms with E-state index in [1.807, 2.05) is 0 Å². The number of nitrogens with one attached hydrogen (secondary N) is 1. The molecule has 0 saturated heterocycles. The number of hydrogen-bond donors (Lipinski definition) is 1. The Morgan fingerprint density at radius 1 is 1.54 bits per heavy atom. The van der Waals surface area contributed by atoms with Gasteiger partial charge in [-0.2, -0.15) is 0 Å². The summed E-state index contributed by atoms with van der Waals surface area (Å²) in [5, 5.41) is 0. The van der Waals surface area contributed by atoms with Crippen LogP contribution in [0.15, 0.2) is 10.4 Å². The molecule has 1 aromatic rings. The van der Waals surface area contributed by atoms with Gasteiger partial charge in [0.25, 0.3) is 10.0 Å². The number of hydrogen-bond acceptors (Lipinski definition) is 4. The quantitative estimate of drug-likeness (QED) is 0.808. The van der Waals surface area contributed by atoms with E-state index in [9.17, 15) is 8.42 Å². The third-order valence-corrected chi connectivity index (χ3v) is 4.00. The number of rotatable bonds is 2. The van der Waals surface area contributed by atoms with Crippen molar-refractivity contribution < 1.29 is 8.42 Å². The standard InChI is InChI=1S/C7H11N2O2S2/c1-7(2,3)9-13(10,11)6-4-8-5-12-6/h4,9H,1-3H3. The summed E-state index contributed by atoms with van der Waals surface area (Å²) in [6.07, 6.45) is 1.29. The van der Waals surface area contributed by atoms with Gasteiger partial charge in [-0.3, -0.25) is 0 Å². The molecule has 0 fully saturated rings. The van der Waals surface area contributed by atoms with Gasteiger partial charge in [-0.25, -0.2) is 18.1 Å². The Balaban J connectivity index is 2.93. The van der Waals surface area contributed by atoms with Crippen LogP contribution in [0.25, 0.3) is 0 Å². The lowest BCUT2D eigenvalue weighted by atomic mass is 10.1. The van der Waals surface area contributed by atoms with E-state index >= 15 is 0 Å². The molecule has 13 heavy (non-hydrogen) atoms. The number of aromatic nitrogens is 1. The fourth-order valence-electron chi connectivity index (χ4n) is 0.754. The van der Waals surface area contributed by atoms with E-state index in [0.717, 1.165) is 11.3 Å². The van der Waals surface area contributed by atoms with Gasteiger partial charge in [0.15, 0.2) is 9.72 Å². The predicted octanol–water partition coefficient (Wildman–Crippen LogP) is 1.02. The molecular formula is C7H11N2O2S2. The average molecular weight is 219 g/mol. The molecule has 0 aliphatic carbocycles. The van der Waals surface area contributed by atoms with Gasteiger partial charge in [0.05, 0.1) is 6.20 Å². The molecule has 73 valence electrons. The molecule has 0 saturated carbocycles. The minimum atomic E-state index is -3.40. The molecule has 1 rings (SSSR count). The van der Waals surface area contributed by atoms with Crippen molar-refractivity contribution in [2.24, 2.45) is 0 Å². The molecular weight excluding hydrogens is 208 g/mol. The molecule has 1 heterocycles. The second-order valence-electron chi connectivity index (χ2n) is 3.63. The van der Waals surface area contributed by atoms with Gasteiger partial charge >= 0.3 is 0 Å². The Hall–Kier alpha value is -0.460. The van der Waals surface area contributed by atoms with E-state index in [2.05, 4.69) is 15.2 Å². The molecule has 0 unspecified atom stereocenters. The van der Waals surface area contributed by atoms with Crippen LogP contribution in [0, 0.1) is 5.51 Å². The average Bonchev–Trinajstić information content (AvgIpc) is 2.29.